The van der Waals surface area contributed by atoms with Crippen LogP contribution in [0.15, 0.2) is 55.9 Å². The summed E-state index contributed by atoms with van der Waals surface area (Å²) < 4.78 is 7.01. The molecule has 0 fully saturated rings. The molecule has 0 radical (unpaired) electrons. The van der Waals surface area contributed by atoms with Crippen molar-refractivity contribution in [3.05, 3.63) is 62.8 Å². The number of anilines is 1. The Balaban J connectivity index is 1.92. The summed E-state index contributed by atoms with van der Waals surface area (Å²) in [6.45, 7) is 0. The minimum absolute atomic E-state index is 0.417. The molecule has 1 heterocycles. The van der Waals surface area contributed by atoms with Crippen molar-refractivity contribution in [1.82, 2.24) is 10.1 Å². The molecule has 0 bridgehead atoms. The van der Waals surface area contributed by atoms with Gasteiger partial charge in [0.2, 0.25) is 0 Å². The van der Waals surface area contributed by atoms with Crippen LogP contribution in [0.25, 0.3) is 11.5 Å². The fourth-order valence-corrected chi connectivity index (χ4v) is 3.20. The third kappa shape index (κ3) is 3.16. The third-order valence-corrected chi connectivity index (χ3v) is 4.11. The molecule has 3 aromatic rings. The van der Waals surface area contributed by atoms with Gasteiger partial charge in [0.05, 0.1) is 11.3 Å². The van der Waals surface area contributed by atoms with E-state index in [1.165, 1.54) is 0 Å². The van der Waals surface area contributed by atoms with Gasteiger partial charge in [-0.2, -0.15) is 4.98 Å². The molecule has 0 aliphatic carbocycles. The lowest BCUT2D eigenvalue weighted by molar-refractivity contribution is 0.424. The van der Waals surface area contributed by atoms with Crippen LogP contribution in [0.4, 0.5) is 5.69 Å². The van der Waals surface area contributed by atoms with E-state index in [1.807, 2.05) is 42.5 Å². The molecule has 0 spiro atoms. The highest BCUT2D eigenvalue weighted by atomic mass is 79.9. The van der Waals surface area contributed by atoms with Gasteiger partial charge in [-0.15, -0.1) is 0 Å². The first-order valence-electron chi connectivity index (χ1n) is 6.25. The molecular weight excluding hydrogens is 398 g/mol. The van der Waals surface area contributed by atoms with Crippen molar-refractivity contribution in [2.45, 2.75) is 6.42 Å². The van der Waals surface area contributed by atoms with Crippen LogP contribution >= 0.6 is 31.9 Å². The minimum Gasteiger partial charge on any atom is -0.397 e. The van der Waals surface area contributed by atoms with Crippen molar-refractivity contribution in [3.63, 3.8) is 0 Å². The summed E-state index contributed by atoms with van der Waals surface area (Å²) in [5, 5.41) is 4.02. The number of aromatic nitrogens is 2. The standard InChI is InChI=1S/C15H11Br2N3O/c16-10-7-11(14(18)12(17)8-10)15-19-13(20-21-15)6-9-4-2-1-3-5-9/h1-5,7-8H,6,18H2. The van der Waals surface area contributed by atoms with E-state index < -0.39 is 0 Å². The minimum atomic E-state index is 0.417. The Bertz CT molecular complexity index is 772. The second-order valence-electron chi connectivity index (χ2n) is 4.53. The van der Waals surface area contributed by atoms with Crippen molar-refractivity contribution in [2.75, 3.05) is 5.73 Å². The highest BCUT2D eigenvalue weighted by Crippen LogP contribution is 2.34. The molecule has 106 valence electrons. The zero-order chi connectivity index (χ0) is 14.8. The monoisotopic (exact) mass is 407 g/mol. The maximum absolute atomic E-state index is 6.05. The smallest absolute Gasteiger partial charge is 0.260 e. The number of nitrogens with zero attached hydrogens (tertiary/aromatic N) is 2. The Morgan fingerprint density at radius 1 is 1.10 bits per heavy atom. The van der Waals surface area contributed by atoms with Gasteiger partial charge in [-0.1, -0.05) is 51.4 Å². The van der Waals surface area contributed by atoms with Crippen LogP contribution in [0.5, 0.6) is 0 Å². The Hall–Kier alpha value is -1.66. The largest absolute Gasteiger partial charge is 0.397 e. The molecule has 0 unspecified atom stereocenters. The topological polar surface area (TPSA) is 64.9 Å². The second-order valence-corrected chi connectivity index (χ2v) is 6.30. The van der Waals surface area contributed by atoms with Gasteiger partial charge >= 0.3 is 0 Å². The summed E-state index contributed by atoms with van der Waals surface area (Å²) in [6.07, 6.45) is 0.624. The maximum atomic E-state index is 6.05. The van der Waals surface area contributed by atoms with Gasteiger partial charge in [-0.3, -0.25) is 0 Å². The van der Waals surface area contributed by atoms with Crippen LogP contribution in [-0.2, 0) is 6.42 Å². The van der Waals surface area contributed by atoms with Crippen molar-refractivity contribution in [1.29, 1.82) is 0 Å². The Morgan fingerprint density at radius 2 is 1.86 bits per heavy atom. The lowest BCUT2D eigenvalue weighted by atomic mass is 10.1. The zero-order valence-electron chi connectivity index (χ0n) is 10.9. The van der Waals surface area contributed by atoms with Crippen LogP contribution < -0.4 is 5.73 Å². The molecule has 2 aromatic carbocycles. The molecule has 1 aromatic heterocycles. The number of benzene rings is 2. The third-order valence-electron chi connectivity index (χ3n) is 3.00. The van der Waals surface area contributed by atoms with E-state index in [0.717, 1.165) is 14.5 Å². The van der Waals surface area contributed by atoms with Crippen molar-refractivity contribution in [2.24, 2.45) is 0 Å². The normalized spacial score (nSPS) is 10.8. The fourth-order valence-electron chi connectivity index (χ4n) is 1.98. The number of hydrogen-bond donors (Lipinski definition) is 1. The van der Waals surface area contributed by atoms with E-state index in [1.54, 1.807) is 0 Å². The molecule has 3 rings (SSSR count). The van der Waals surface area contributed by atoms with Crippen LogP contribution in [0, 0.1) is 0 Å². The highest BCUT2D eigenvalue weighted by molar-refractivity contribution is 9.11. The molecule has 0 saturated carbocycles. The number of nitrogens with two attached hydrogens (primary N) is 1. The van der Waals surface area contributed by atoms with Crippen molar-refractivity contribution >= 4 is 37.5 Å². The molecule has 0 atom stereocenters. The molecule has 0 aliphatic heterocycles. The van der Waals surface area contributed by atoms with Gasteiger partial charge in [0.25, 0.3) is 5.89 Å². The van der Waals surface area contributed by atoms with Gasteiger partial charge in [0.15, 0.2) is 5.82 Å². The average molecular weight is 409 g/mol. The van der Waals surface area contributed by atoms with Gasteiger partial charge in [-0.25, -0.2) is 0 Å². The summed E-state index contributed by atoms with van der Waals surface area (Å²) in [4.78, 5) is 4.42. The van der Waals surface area contributed by atoms with E-state index in [4.69, 9.17) is 10.3 Å². The van der Waals surface area contributed by atoms with Crippen LogP contribution in [0.1, 0.15) is 11.4 Å². The van der Waals surface area contributed by atoms with Gasteiger partial charge in [0.1, 0.15) is 0 Å². The molecule has 21 heavy (non-hydrogen) atoms. The van der Waals surface area contributed by atoms with E-state index in [9.17, 15) is 0 Å². The van der Waals surface area contributed by atoms with Crippen LogP contribution in [0.2, 0.25) is 0 Å². The first kappa shape index (κ1) is 14.3. The van der Waals surface area contributed by atoms with Crippen LogP contribution in [0.3, 0.4) is 0 Å². The SMILES string of the molecule is Nc1c(Br)cc(Br)cc1-c1nc(Cc2ccccc2)no1. The molecular formula is C15H11Br2N3O. The maximum Gasteiger partial charge on any atom is 0.260 e. The van der Waals surface area contributed by atoms with Gasteiger partial charge in [-0.05, 0) is 33.6 Å². The molecule has 6 heteroatoms. The number of hydrogen-bond acceptors (Lipinski definition) is 4. The average Bonchev–Trinajstić information content (AvgIpc) is 2.92. The lowest BCUT2D eigenvalue weighted by Gasteiger charge is -2.04. The van der Waals surface area contributed by atoms with E-state index in [0.29, 0.717) is 29.4 Å². The van der Waals surface area contributed by atoms with Crippen molar-refractivity contribution in [3.8, 4) is 11.5 Å². The lowest BCUT2D eigenvalue weighted by Crippen LogP contribution is -1.93. The molecule has 0 saturated heterocycles. The fraction of sp³-hybridized carbons (Fsp3) is 0.0667. The van der Waals surface area contributed by atoms with E-state index in [2.05, 4.69) is 42.0 Å². The molecule has 2 N–H and O–H groups in total. The number of rotatable bonds is 3. The molecule has 0 aliphatic rings. The zero-order valence-corrected chi connectivity index (χ0v) is 14.1. The second kappa shape index (κ2) is 5.99. The number of nitrogen functional groups attached to an aromatic ring is 1. The Morgan fingerprint density at radius 3 is 2.62 bits per heavy atom. The van der Waals surface area contributed by atoms with Crippen molar-refractivity contribution < 1.29 is 4.52 Å². The summed E-state index contributed by atoms with van der Waals surface area (Å²) >= 11 is 6.84. The molecule has 0 amide bonds. The summed E-state index contributed by atoms with van der Waals surface area (Å²) in [6, 6.07) is 13.7. The van der Waals surface area contributed by atoms with Crippen LogP contribution in [-0.4, -0.2) is 10.1 Å². The van der Waals surface area contributed by atoms with E-state index >= 15 is 0 Å². The first-order valence-corrected chi connectivity index (χ1v) is 7.83. The number of halogens is 2. The summed E-state index contributed by atoms with van der Waals surface area (Å²) in [5.74, 6) is 1.05. The Kier molecular flexibility index (Phi) is 4.07. The summed E-state index contributed by atoms with van der Waals surface area (Å²) in [7, 11) is 0. The summed E-state index contributed by atoms with van der Waals surface area (Å²) in [5.41, 5.74) is 8.47. The van der Waals surface area contributed by atoms with Gasteiger partial charge in [0, 0.05) is 15.4 Å². The quantitative estimate of drug-likeness (QED) is 0.650. The first-order chi connectivity index (χ1) is 10.1. The highest BCUT2D eigenvalue weighted by Gasteiger charge is 2.15. The molecule has 4 nitrogen and oxygen atoms in total. The Labute approximate surface area is 138 Å². The predicted octanol–water partition coefficient (Wildman–Crippen LogP) is 4.43. The predicted molar refractivity (Wildman–Crippen MR) is 88.8 cm³/mol. The van der Waals surface area contributed by atoms with Gasteiger partial charge < -0.3 is 10.3 Å². The van der Waals surface area contributed by atoms with E-state index in [-0.39, 0.29) is 0 Å².